The van der Waals surface area contributed by atoms with Crippen LogP contribution in [0.25, 0.3) is 10.9 Å². The number of thioether (sulfide) groups is 1. The normalized spacial score (nSPS) is 12.0. The molecular formula is C18H22N2O4S. The molecule has 7 heteroatoms. The van der Waals surface area contributed by atoms with E-state index in [1.54, 1.807) is 22.5 Å². The maximum absolute atomic E-state index is 12.4. The van der Waals surface area contributed by atoms with Gasteiger partial charge in [0.2, 0.25) is 5.91 Å². The molecule has 1 atom stereocenters. The number of fused-ring (bicyclic) bond motifs is 1. The first-order valence-corrected chi connectivity index (χ1v) is 9.32. The highest BCUT2D eigenvalue weighted by atomic mass is 32.2. The first-order valence-electron chi connectivity index (χ1n) is 7.92. The molecule has 25 heavy (non-hydrogen) atoms. The quantitative estimate of drug-likeness (QED) is 0.576. The number of esters is 1. The molecule has 0 bridgehead atoms. The third-order valence-corrected chi connectivity index (χ3v) is 4.56. The van der Waals surface area contributed by atoms with E-state index >= 15 is 0 Å². The van der Waals surface area contributed by atoms with Crippen LogP contribution in [-0.2, 0) is 20.9 Å². The van der Waals surface area contributed by atoms with Crippen molar-refractivity contribution in [1.29, 1.82) is 0 Å². The standard InChI is InChI=1S/C18H22N2O4S/c1-12(21)14-10-20(16-7-5-4-6-13(14)16)11-17(22)19-15(8-9-25-3)18(23)24-2/h4-7,10,15H,8-9,11H2,1-3H3,(H,19,22)/t15-/m0/s1. The van der Waals surface area contributed by atoms with Crippen LogP contribution < -0.4 is 5.32 Å². The number of aromatic nitrogens is 1. The van der Waals surface area contributed by atoms with Gasteiger partial charge < -0.3 is 14.6 Å². The number of benzene rings is 1. The van der Waals surface area contributed by atoms with E-state index in [1.807, 2.05) is 30.5 Å². The van der Waals surface area contributed by atoms with Crippen molar-refractivity contribution in [3.63, 3.8) is 0 Å². The Labute approximate surface area is 150 Å². The van der Waals surface area contributed by atoms with Crippen molar-refractivity contribution in [2.75, 3.05) is 19.1 Å². The molecule has 0 aliphatic carbocycles. The Kier molecular flexibility index (Phi) is 6.64. The van der Waals surface area contributed by atoms with E-state index in [0.717, 1.165) is 16.7 Å². The summed E-state index contributed by atoms with van der Waals surface area (Å²) in [5.41, 5.74) is 1.39. The van der Waals surface area contributed by atoms with Crippen molar-refractivity contribution in [2.45, 2.75) is 25.9 Å². The van der Waals surface area contributed by atoms with Gasteiger partial charge in [0.25, 0.3) is 0 Å². The van der Waals surface area contributed by atoms with Gasteiger partial charge in [-0.25, -0.2) is 4.79 Å². The Morgan fingerprint density at radius 2 is 2.00 bits per heavy atom. The van der Waals surface area contributed by atoms with Crippen LogP contribution in [0.5, 0.6) is 0 Å². The van der Waals surface area contributed by atoms with Gasteiger partial charge in [0, 0.05) is 22.7 Å². The lowest BCUT2D eigenvalue weighted by Gasteiger charge is -2.16. The predicted octanol–water partition coefficient (Wildman–Crippen LogP) is 2.25. The topological polar surface area (TPSA) is 77.4 Å². The number of amides is 1. The molecule has 6 nitrogen and oxygen atoms in total. The first-order chi connectivity index (χ1) is 12.0. The van der Waals surface area contributed by atoms with Gasteiger partial charge in [-0.2, -0.15) is 11.8 Å². The lowest BCUT2D eigenvalue weighted by atomic mass is 10.1. The molecule has 1 heterocycles. The lowest BCUT2D eigenvalue weighted by molar-refractivity contribution is -0.145. The van der Waals surface area contributed by atoms with Crippen LogP contribution in [0.2, 0.25) is 0 Å². The molecule has 0 fully saturated rings. The van der Waals surface area contributed by atoms with E-state index in [4.69, 9.17) is 4.74 Å². The molecule has 0 aliphatic rings. The second-order valence-corrected chi connectivity index (χ2v) is 6.65. The Balaban J connectivity index is 2.18. The molecule has 0 saturated carbocycles. The number of carbonyl (C=O) groups is 3. The van der Waals surface area contributed by atoms with E-state index in [-0.39, 0.29) is 18.2 Å². The number of ketones is 1. The van der Waals surface area contributed by atoms with Gasteiger partial charge in [0.15, 0.2) is 5.78 Å². The van der Waals surface area contributed by atoms with Gasteiger partial charge in [-0.05, 0) is 31.4 Å². The average molecular weight is 362 g/mol. The van der Waals surface area contributed by atoms with Crippen molar-refractivity contribution >= 4 is 40.3 Å². The summed E-state index contributed by atoms with van der Waals surface area (Å²) in [6.45, 7) is 1.53. The minimum Gasteiger partial charge on any atom is -0.467 e. The maximum Gasteiger partial charge on any atom is 0.328 e. The number of carbonyl (C=O) groups excluding carboxylic acids is 3. The molecule has 1 N–H and O–H groups in total. The summed E-state index contributed by atoms with van der Waals surface area (Å²) in [7, 11) is 1.30. The molecule has 0 saturated heterocycles. The number of nitrogens with one attached hydrogen (secondary N) is 1. The Hall–Kier alpha value is -2.28. The highest BCUT2D eigenvalue weighted by Gasteiger charge is 2.21. The Morgan fingerprint density at radius 1 is 1.28 bits per heavy atom. The largest absolute Gasteiger partial charge is 0.467 e. The highest BCUT2D eigenvalue weighted by Crippen LogP contribution is 2.21. The van der Waals surface area contributed by atoms with Gasteiger partial charge in [-0.1, -0.05) is 18.2 Å². The van der Waals surface area contributed by atoms with Gasteiger partial charge in [0.05, 0.1) is 7.11 Å². The summed E-state index contributed by atoms with van der Waals surface area (Å²) in [5.74, 6) is -0.0691. The van der Waals surface area contributed by atoms with Crippen LogP contribution in [0.4, 0.5) is 0 Å². The molecule has 1 amide bonds. The SMILES string of the molecule is COC(=O)[C@H](CCSC)NC(=O)Cn1cc(C(C)=O)c2ccccc21. The van der Waals surface area contributed by atoms with Crippen molar-refractivity contribution in [2.24, 2.45) is 0 Å². The fraction of sp³-hybridized carbons (Fsp3) is 0.389. The molecule has 2 rings (SSSR count). The highest BCUT2D eigenvalue weighted by molar-refractivity contribution is 7.98. The fourth-order valence-corrected chi connectivity index (χ4v) is 3.15. The molecular weight excluding hydrogens is 340 g/mol. The molecule has 2 aromatic rings. The summed E-state index contributed by atoms with van der Waals surface area (Å²) < 4.78 is 6.48. The number of nitrogens with zero attached hydrogens (tertiary/aromatic N) is 1. The number of Topliss-reactive ketones (excluding diaryl/α,β-unsaturated/α-hetero) is 1. The van der Waals surface area contributed by atoms with Crippen molar-refractivity contribution in [1.82, 2.24) is 9.88 Å². The average Bonchev–Trinajstić information content (AvgIpc) is 2.97. The third kappa shape index (κ3) is 4.63. The zero-order valence-corrected chi connectivity index (χ0v) is 15.4. The van der Waals surface area contributed by atoms with E-state index < -0.39 is 12.0 Å². The summed E-state index contributed by atoms with van der Waals surface area (Å²) >= 11 is 1.60. The first kappa shape index (κ1) is 19.1. The fourth-order valence-electron chi connectivity index (χ4n) is 2.68. The van der Waals surface area contributed by atoms with E-state index in [1.165, 1.54) is 14.0 Å². The molecule has 134 valence electrons. The minimum absolute atomic E-state index is 0.0283. The van der Waals surface area contributed by atoms with Crippen LogP contribution >= 0.6 is 11.8 Å². The minimum atomic E-state index is -0.668. The molecule has 0 unspecified atom stereocenters. The van der Waals surface area contributed by atoms with E-state index in [0.29, 0.717) is 12.0 Å². The number of hydrogen-bond donors (Lipinski definition) is 1. The third-order valence-electron chi connectivity index (χ3n) is 3.91. The van der Waals surface area contributed by atoms with Crippen molar-refractivity contribution in [3.05, 3.63) is 36.0 Å². The molecule has 1 aromatic heterocycles. The summed E-state index contributed by atoms with van der Waals surface area (Å²) in [5, 5.41) is 3.54. The smallest absolute Gasteiger partial charge is 0.328 e. The van der Waals surface area contributed by atoms with Crippen LogP contribution in [0.1, 0.15) is 23.7 Å². The molecule has 0 aliphatic heterocycles. The molecule has 0 radical (unpaired) electrons. The van der Waals surface area contributed by atoms with Crippen molar-refractivity contribution < 1.29 is 19.1 Å². The number of methoxy groups -OCH3 is 1. The molecule has 1 aromatic carbocycles. The second-order valence-electron chi connectivity index (χ2n) is 5.67. The van der Waals surface area contributed by atoms with Crippen LogP contribution in [0.3, 0.4) is 0 Å². The zero-order chi connectivity index (χ0) is 18.4. The van der Waals surface area contributed by atoms with E-state index in [9.17, 15) is 14.4 Å². The van der Waals surface area contributed by atoms with Gasteiger partial charge in [-0.15, -0.1) is 0 Å². The van der Waals surface area contributed by atoms with E-state index in [2.05, 4.69) is 5.32 Å². The number of rotatable bonds is 8. The van der Waals surface area contributed by atoms with Gasteiger partial charge in [-0.3, -0.25) is 9.59 Å². The number of para-hydroxylation sites is 1. The number of ether oxygens (including phenoxy) is 1. The zero-order valence-electron chi connectivity index (χ0n) is 14.6. The van der Waals surface area contributed by atoms with Gasteiger partial charge in [0.1, 0.15) is 12.6 Å². The predicted molar refractivity (Wildman–Crippen MR) is 98.9 cm³/mol. The van der Waals surface area contributed by atoms with Crippen LogP contribution in [-0.4, -0.2) is 47.4 Å². The van der Waals surface area contributed by atoms with Crippen LogP contribution in [0.15, 0.2) is 30.5 Å². The Morgan fingerprint density at radius 3 is 2.64 bits per heavy atom. The Bertz CT molecular complexity index is 784. The summed E-state index contributed by atoms with van der Waals surface area (Å²) in [6.07, 6.45) is 4.12. The van der Waals surface area contributed by atoms with Crippen molar-refractivity contribution in [3.8, 4) is 0 Å². The lowest BCUT2D eigenvalue weighted by Crippen LogP contribution is -2.43. The second kappa shape index (κ2) is 8.71. The number of hydrogen-bond acceptors (Lipinski definition) is 5. The summed E-state index contributed by atoms with van der Waals surface area (Å²) in [4.78, 5) is 36.0. The molecule has 0 spiro atoms. The maximum atomic E-state index is 12.4. The summed E-state index contributed by atoms with van der Waals surface area (Å²) in [6, 6.07) is 6.77. The monoisotopic (exact) mass is 362 g/mol. The van der Waals surface area contributed by atoms with Gasteiger partial charge >= 0.3 is 5.97 Å². The van der Waals surface area contributed by atoms with Crippen LogP contribution in [0, 0.1) is 0 Å².